The van der Waals surface area contributed by atoms with Gasteiger partial charge in [0.25, 0.3) is 0 Å². The first-order valence-electron chi connectivity index (χ1n) is 7.62. The van der Waals surface area contributed by atoms with Crippen LogP contribution in [-0.4, -0.2) is 18.2 Å². The van der Waals surface area contributed by atoms with E-state index in [0.29, 0.717) is 6.54 Å². The van der Waals surface area contributed by atoms with Gasteiger partial charge in [-0.3, -0.25) is 4.99 Å². The summed E-state index contributed by atoms with van der Waals surface area (Å²) in [6, 6.07) is 16.7. The lowest BCUT2D eigenvalue weighted by molar-refractivity contribution is 0.410. The van der Waals surface area contributed by atoms with Crippen molar-refractivity contribution in [3.05, 3.63) is 66.1 Å². The molecule has 3 aromatic rings. The van der Waals surface area contributed by atoms with Crippen LogP contribution >= 0.6 is 0 Å². The zero-order valence-corrected chi connectivity index (χ0v) is 13.3. The summed E-state index contributed by atoms with van der Waals surface area (Å²) in [6.45, 7) is 2.70. The largest absolute Gasteiger partial charge is 0.364 e. The maximum atomic E-state index is 4.83. The molecule has 23 heavy (non-hydrogen) atoms. The van der Waals surface area contributed by atoms with Crippen LogP contribution in [0.1, 0.15) is 24.2 Å². The van der Waals surface area contributed by atoms with Gasteiger partial charge in [0.05, 0.1) is 12.6 Å². The maximum absolute atomic E-state index is 4.83. The molecule has 0 fully saturated rings. The molecule has 1 atom stereocenters. The molecule has 0 amide bonds. The van der Waals surface area contributed by atoms with E-state index in [0.717, 1.165) is 11.7 Å². The molecule has 0 aliphatic rings. The lowest BCUT2D eigenvalue weighted by Gasteiger charge is -2.19. The fourth-order valence-corrected chi connectivity index (χ4v) is 2.61. The van der Waals surface area contributed by atoms with E-state index in [1.807, 2.05) is 6.07 Å². The van der Waals surface area contributed by atoms with Crippen molar-refractivity contribution in [2.24, 2.45) is 4.99 Å². The summed E-state index contributed by atoms with van der Waals surface area (Å²) in [6.07, 6.45) is 1.56. The number of aliphatic imine (C=N–C) groups is 1. The zero-order valence-electron chi connectivity index (χ0n) is 13.3. The van der Waals surface area contributed by atoms with E-state index in [2.05, 4.69) is 70.2 Å². The predicted octanol–water partition coefficient (Wildman–Crippen LogP) is 3.25. The number of hydrogen-bond acceptors (Lipinski definition) is 3. The Labute approximate surface area is 135 Å². The molecule has 5 heteroatoms. The van der Waals surface area contributed by atoms with Crippen LogP contribution in [0.5, 0.6) is 0 Å². The second-order valence-electron chi connectivity index (χ2n) is 5.35. The first-order chi connectivity index (χ1) is 11.3. The van der Waals surface area contributed by atoms with Gasteiger partial charge in [-0.2, -0.15) is 0 Å². The summed E-state index contributed by atoms with van der Waals surface area (Å²) in [5.41, 5.74) is 2.08. The van der Waals surface area contributed by atoms with Crippen molar-refractivity contribution in [2.45, 2.75) is 19.5 Å². The van der Waals surface area contributed by atoms with Gasteiger partial charge in [0.1, 0.15) is 12.0 Å². The number of benzene rings is 2. The second-order valence-corrected chi connectivity index (χ2v) is 5.35. The molecule has 118 valence electrons. The topological polar surface area (TPSA) is 62.5 Å². The van der Waals surface area contributed by atoms with E-state index in [9.17, 15) is 0 Å². The first-order valence-corrected chi connectivity index (χ1v) is 7.62. The molecule has 1 aromatic heterocycles. The van der Waals surface area contributed by atoms with E-state index < -0.39 is 0 Å². The Balaban J connectivity index is 1.72. The van der Waals surface area contributed by atoms with Gasteiger partial charge in [0.2, 0.25) is 0 Å². The zero-order chi connectivity index (χ0) is 16.1. The highest BCUT2D eigenvalue weighted by Crippen LogP contribution is 2.23. The monoisotopic (exact) mass is 308 g/mol. The third-order valence-corrected chi connectivity index (χ3v) is 3.79. The molecule has 0 bridgehead atoms. The molecular formula is C18H20N4O. The number of rotatable bonds is 4. The standard InChI is InChI=1S/C18H20N4O/c1-13(16-9-5-7-14-6-3-4-8-17(14)16)21-18(19-2)20-12-15-10-11-23-22-15/h3-11,13H,12H2,1-2H3,(H2,19,20,21). The smallest absolute Gasteiger partial charge is 0.191 e. The molecule has 2 N–H and O–H groups in total. The van der Waals surface area contributed by atoms with Gasteiger partial charge in [0.15, 0.2) is 5.96 Å². The highest BCUT2D eigenvalue weighted by molar-refractivity contribution is 5.87. The fourth-order valence-electron chi connectivity index (χ4n) is 2.61. The Morgan fingerprint density at radius 3 is 2.78 bits per heavy atom. The van der Waals surface area contributed by atoms with Crippen molar-refractivity contribution >= 4 is 16.7 Å². The van der Waals surface area contributed by atoms with Crippen molar-refractivity contribution in [1.29, 1.82) is 0 Å². The Kier molecular flexibility index (Phi) is 4.57. The number of guanidine groups is 1. The van der Waals surface area contributed by atoms with Crippen molar-refractivity contribution in [3.63, 3.8) is 0 Å². The average Bonchev–Trinajstić information content (AvgIpc) is 3.11. The molecule has 0 aliphatic carbocycles. The van der Waals surface area contributed by atoms with E-state index in [1.54, 1.807) is 13.3 Å². The van der Waals surface area contributed by atoms with Crippen LogP contribution in [0.3, 0.4) is 0 Å². The van der Waals surface area contributed by atoms with Crippen LogP contribution in [0.2, 0.25) is 0 Å². The number of aromatic nitrogens is 1. The van der Waals surface area contributed by atoms with Crippen LogP contribution < -0.4 is 10.6 Å². The van der Waals surface area contributed by atoms with Crippen molar-refractivity contribution < 1.29 is 4.52 Å². The molecule has 0 saturated carbocycles. The Morgan fingerprint density at radius 1 is 1.17 bits per heavy atom. The second kappa shape index (κ2) is 6.96. The SMILES string of the molecule is CN=C(NCc1ccon1)NC(C)c1cccc2ccccc12. The fraction of sp³-hybridized carbons (Fsp3) is 0.222. The summed E-state index contributed by atoms with van der Waals surface area (Å²) in [4.78, 5) is 4.27. The first kappa shape index (κ1) is 15.1. The highest BCUT2D eigenvalue weighted by Gasteiger charge is 2.11. The third-order valence-electron chi connectivity index (χ3n) is 3.79. The quantitative estimate of drug-likeness (QED) is 0.573. The van der Waals surface area contributed by atoms with Gasteiger partial charge in [-0.05, 0) is 23.3 Å². The van der Waals surface area contributed by atoms with Crippen LogP contribution in [0.4, 0.5) is 0 Å². The van der Waals surface area contributed by atoms with Crippen molar-refractivity contribution in [1.82, 2.24) is 15.8 Å². The summed E-state index contributed by atoms with van der Waals surface area (Å²) >= 11 is 0. The molecule has 1 unspecified atom stereocenters. The van der Waals surface area contributed by atoms with Gasteiger partial charge in [-0.25, -0.2) is 0 Å². The lowest BCUT2D eigenvalue weighted by atomic mass is 10.00. The third kappa shape index (κ3) is 3.51. The number of hydrogen-bond donors (Lipinski definition) is 2. The minimum Gasteiger partial charge on any atom is -0.364 e. The van der Waals surface area contributed by atoms with Crippen LogP contribution in [-0.2, 0) is 6.54 Å². The summed E-state index contributed by atoms with van der Waals surface area (Å²) in [5.74, 6) is 0.730. The summed E-state index contributed by atoms with van der Waals surface area (Å²) < 4.78 is 4.83. The molecule has 0 aliphatic heterocycles. The van der Waals surface area contributed by atoms with E-state index in [4.69, 9.17) is 4.52 Å². The Bertz CT molecular complexity index is 790. The van der Waals surface area contributed by atoms with Crippen LogP contribution in [0, 0.1) is 0 Å². The molecule has 2 aromatic carbocycles. The van der Waals surface area contributed by atoms with E-state index >= 15 is 0 Å². The maximum Gasteiger partial charge on any atom is 0.191 e. The van der Waals surface area contributed by atoms with Gasteiger partial charge >= 0.3 is 0 Å². The van der Waals surface area contributed by atoms with Gasteiger partial charge < -0.3 is 15.2 Å². The van der Waals surface area contributed by atoms with Crippen LogP contribution in [0.25, 0.3) is 10.8 Å². The van der Waals surface area contributed by atoms with Crippen molar-refractivity contribution in [2.75, 3.05) is 7.05 Å². The molecule has 0 spiro atoms. The predicted molar refractivity (Wildman–Crippen MR) is 92.2 cm³/mol. The number of nitrogens with one attached hydrogen (secondary N) is 2. The van der Waals surface area contributed by atoms with E-state index in [1.165, 1.54) is 16.3 Å². The highest BCUT2D eigenvalue weighted by atomic mass is 16.5. The minimum absolute atomic E-state index is 0.129. The minimum atomic E-state index is 0.129. The number of fused-ring (bicyclic) bond motifs is 1. The lowest BCUT2D eigenvalue weighted by Crippen LogP contribution is -2.38. The molecule has 0 saturated heterocycles. The molecule has 3 rings (SSSR count). The van der Waals surface area contributed by atoms with Crippen LogP contribution in [0.15, 0.2) is 64.3 Å². The Morgan fingerprint density at radius 2 is 2.00 bits per heavy atom. The molecule has 5 nitrogen and oxygen atoms in total. The molecular weight excluding hydrogens is 288 g/mol. The Hall–Kier alpha value is -2.82. The normalized spacial score (nSPS) is 13.0. The molecule has 0 radical (unpaired) electrons. The van der Waals surface area contributed by atoms with Gasteiger partial charge in [-0.15, -0.1) is 0 Å². The average molecular weight is 308 g/mol. The van der Waals surface area contributed by atoms with E-state index in [-0.39, 0.29) is 6.04 Å². The van der Waals surface area contributed by atoms with Gasteiger partial charge in [-0.1, -0.05) is 47.6 Å². The number of nitrogens with zero attached hydrogens (tertiary/aromatic N) is 2. The van der Waals surface area contributed by atoms with Crippen molar-refractivity contribution in [3.8, 4) is 0 Å². The summed E-state index contributed by atoms with van der Waals surface area (Å²) in [5, 5.41) is 13.0. The van der Waals surface area contributed by atoms with Gasteiger partial charge in [0, 0.05) is 13.1 Å². The summed E-state index contributed by atoms with van der Waals surface area (Å²) in [7, 11) is 1.76. The molecule has 1 heterocycles.